The smallest absolute Gasteiger partial charge is 0.746 e. The second-order valence-corrected chi connectivity index (χ2v) is 5.03. The van der Waals surface area contributed by atoms with Crippen LogP contribution in [0.25, 0.3) is 0 Å². The first kappa shape index (κ1) is 18.2. The van der Waals surface area contributed by atoms with Crippen LogP contribution in [-0.2, 0) is 10.1 Å². The molecule has 0 saturated heterocycles. The summed E-state index contributed by atoms with van der Waals surface area (Å²) < 4.78 is 30.9. The van der Waals surface area contributed by atoms with Crippen molar-refractivity contribution in [2.45, 2.75) is 57.3 Å². The van der Waals surface area contributed by atoms with Gasteiger partial charge in [-0.05, 0) is 12.8 Å². The molecule has 0 heterocycles. The van der Waals surface area contributed by atoms with E-state index in [1.807, 2.05) is 0 Å². The van der Waals surface area contributed by atoms with Gasteiger partial charge in [0.25, 0.3) is 0 Å². The van der Waals surface area contributed by atoms with Crippen molar-refractivity contribution in [2.75, 3.05) is 0 Å². The van der Waals surface area contributed by atoms with Gasteiger partial charge in [0.05, 0.1) is 0 Å². The molecule has 6 heteroatoms. The summed E-state index contributed by atoms with van der Waals surface area (Å²) in [6.07, 6.45) is 6.08. The third kappa shape index (κ3) is 11.1. The second kappa shape index (κ2) is 10.1. The quantitative estimate of drug-likeness (QED) is 0.325. The van der Waals surface area contributed by atoms with Gasteiger partial charge < -0.3 is 9.66 Å². The van der Waals surface area contributed by atoms with E-state index in [9.17, 15) is 13.0 Å². The van der Waals surface area contributed by atoms with Crippen LogP contribution in [0.15, 0.2) is 0 Å². The standard InChI is InChI=1S/C9H20O4S.Na/c1-2-3-4-5-6-7-8-9(10)14(11,12)13;/h9-10H,2-8H2,1H3,(H,11,12,13);/q;+1/p-1. The third-order valence-corrected chi connectivity index (χ3v) is 3.04. The zero-order valence-electron chi connectivity index (χ0n) is 9.61. The number of aliphatic hydroxyl groups is 1. The van der Waals surface area contributed by atoms with Crippen LogP contribution in [0.3, 0.4) is 0 Å². The van der Waals surface area contributed by atoms with Crippen molar-refractivity contribution >= 4 is 10.1 Å². The summed E-state index contributed by atoms with van der Waals surface area (Å²) in [5.74, 6) is 0. The molecule has 0 aromatic heterocycles. The predicted molar refractivity (Wildman–Crippen MR) is 53.7 cm³/mol. The molecule has 1 atom stereocenters. The molecule has 0 aliphatic rings. The molecule has 1 N–H and O–H groups in total. The van der Waals surface area contributed by atoms with Crippen molar-refractivity contribution in [3.05, 3.63) is 0 Å². The predicted octanol–water partition coefficient (Wildman–Crippen LogP) is -1.40. The zero-order valence-corrected chi connectivity index (χ0v) is 12.4. The van der Waals surface area contributed by atoms with Crippen molar-refractivity contribution in [3.8, 4) is 0 Å². The molecule has 4 nitrogen and oxygen atoms in total. The Hall–Kier alpha value is 0.870. The zero-order chi connectivity index (χ0) is 11.0. The van der Waals surface area contributed by atoms with Gasteiger partial charge in [-0.1, -0.05) is 39.0 Å². The van der Waals surface area contributed by atoms with Crippen LogP contribution < -0.4 is 29.6 Å². The van der Waals surface area contributed by atoms with Crippen molar-refractivity contribution in [3.63, 3.8) is 0 Å². The first-order valence-corrected chi connectivity index (χ1v) is 6.58. The largest absolute Gasteiger partial charge is 1.00 e. The van der Waals surface area contributed by atoms with Gasteiger partial charge in [-0.2, -0.15) is 0 Å². The summed E-state index contributed by atoms with van der Waals surface area (Å²) in [5.41, 5.74) is -1.71. The van der Waals surface area contributed by atoms with Crippen molar-refractivity contribution < 1.29 is 47.6 Å². The molecule has 0 aliphatic heterocycles. The molecule has 0 bridgehead atoms. The third-order valence-electron chi connectivity index (χ3n) is 2.14. The molecule has 0 radical (unpaired) electrons. The van der Waals surface area contributed by atoms with Crippen LogP contribution in [-0.4, -0.2) is 23.5 Å². The maximum Gasteiger partial charge on any atom is 1.00 e. The first-order valence-electron chi connectivity index (χ1n) is 5.11. The average molecular weight is 246 g/mol. The van der Waals surface area contributed by atoms with Gasteiger partial charge in [0.2, 0.25) is 0 Å². The minimum atomic E-state index is -4.49. The Morgan fingerprint density at radius 2 is 1.60 bits per heavy atom. The summed E-state index contributed by atoms with van der Waals surface area (Å²) in [7, 11) is -4.49. The van der Waals surface area contributed by atoms with Gasteiger partial charge in [0.1, 0.15) is 15.6 Å². The van der Waals surface area contributed by atoms with Gasteiger partial charge in [-0.25, -0.2) is 8.42 Å². The molecule has 0 saturated carbocycles. The van der Waals surface area contributed by atoms with Crippen LogP contribution in [0.4, 0.5) is 0 Å². The van der Waals surface area contributed by atoms with Gasteiger partial charge in [0, 0.05) is 0 Å². The molecular formula is C9H19NaO4S. The van der Waals surface area contributed by atoms with Crippen molar-refractivity contribution in [2.24, 2.45) is 0 Å². The number of aliphatic hydroxyl groups excluding tert-OH is 1. The number of hydrogen-bond acceptors (Lipinski definition) is 4. The van der Waals surface area contributed by atoms with E-state index in [0.717, 1.165) is 25.7 Å². The van der Waals surface area contributed by atoms with Crippen LogP contribution in [0.1, 0.15) is 51.9 Å². The SMILES string of the molecule is CCCCCCCCC(O)S(=O)(=O)[O-].[Na+]. The number of rotatable bonds is 8. The second-order valence-electron chi connectivity index (χ2n) is 3.50. The minimum Gasteiger partial charge on any atom is -0.746 e. The van der Waals surface area contributed by atoms with Gasteiger partial charge >= 0.3 is 29.6 Å². The fourth-order valence-corrected chi connectivity index (χ4v) is 1.70. The monoisotopic (exact) mass is 246 g/mol. The van der Waals surface area contributed by atoms with E-state index in [4.69, 9.17) is 5.11 Å². The molecule has 1 unspecified atom stereocenters. The fourth-order valence-electron chi connectivity index (χ4n) is 1.24. The molecule has 0 spiro atoms. The molecule has 15 heavy (non-hydrogen) atoms. The maximum absolute atomic E-state index is 10.3. The first-order chi connectivity index (χ1) is 6.48. The Balaban J connectivity index is 0. The van der Waals surface area contributed by atoms with Crippen LogP contribution in [0.5, 0.6) is 0 Å². The molecule has 0 aromatic carbocycles. The van der Waals surface area contributed by atoms with E-state index in [1.54, 1.807) is 0 Å². The van der Waals surface area contributed by atoms with Crippen LogP contribution in [0.2, 0.25) is 0 Å². The summed E-state index contributed by atoms with van der Waals surface area (Å²) in [4.78, 5) is 0. The van der Waals surface area contributed by atoms with Gasteiger partial charge in [-0.15, -0.1) is 0 Å². The summed E-state index contributed by atoms with van der Waals surface area (Å²) in [6.45, 7) is 2.12. The molecule has 0 amide bonds. The van der Waals surface area contributed by atoms with E-state index in [2.05, 4.69) is 6.92 Å². The molecule has 0 fully saturated rings. The normalized spacial score (nSPS) is 13.3. The fraction of sp³-hybridized carbons (Fsp3) is 1.00. The number of hydrogen-bond donors (Lipinski definition) is 1. The molecule has 0 aliphatic carbocycles. The van der Waals surface area contributed by atoms with E-state index in [1.165, 1.54) is 6.42 Å². The van der Waals surface area contributed by atoms with E-state index >= 15 is 0 Å². The minimum absolute atomic E-state index is 0. The summed E-state index contributed by atoms with van der Waals surface area (Å²) in [6, 6.07) is 0. The van der Waals surface area contributed by atoms with Gasteiger partial charge in [-0.3, -0.25) is 0 Å². The Kier molecular flexibility index (Phi) is 12.2. The van der Waals surface area contributed by atoms with E-state index in [-0.39, 0.29) is 36.0 Å². The molecular weight excluding hydrogens is 227 g/mol. The molecule has 0 rings (SSSR count). The summed E-state index contributed by atoms with van der Waals surface area (Å²) in [5, 5.41) is 8.89. The Labute approximate surface area is 114 Å². The Bertz CT molecular complexity index is 228. The molecule has 0 aromatic rings. The average Bonchev–Trinajstić information content (AvgIpc) is 2.09. The van der Waals surface area contributed by atoms with Gasteiger partial charge in [0.15, 0.2) is 0 Å². The van der Waals surface area contributed by atoms with E-state index in [0.29, 0.717) is 6.42 Å². The van der Waals surface area contributed by atoms with Crippen molar-refractivity contribution in [1.82, 2.24) is 0 Å². The van der Waals surface area contributed by atoms with Crippen LogP contribution in [0, 0.1) is 0 Å². The topological polar surface area (TPSA) is 77.4 Å². The van der Waals surface area contributed by atoms with Crippen LogP contribution >= 0.6 is 0 Å². The molecule has 86 valence electrons. The maximum atomic E-state index is 10.3. The van der Waals surface area contributed by atoms with E-state index < -0.39 is 15.6 Å². The summed E-state index contributed by atoms with van der Waals surface area (Å²) >= 11 is 0. The Morgan fingerprint density at radius 1 is 1.13 bits per heavy atom. The Morgan fingerprint density at radius 3 is 2.07 bits per heavy atom. The number of unbranched alkanes of at least 4 members (excludes halogenated alkanes) is 5. The van der Waals surface area contributed by atoms with Crippen molar-refractivity contribution in [1.29, 1.82) is 0 Å².